The van der Waals surface area contributed by atoms with Crippen molar-refractivity contribution in [2.75, 3.05) is 6.61 Å². The average molecular weight is 443 g/mol. The van der Waals surface area contributed by atoms with Crippen LogP contribution in [0.5, 0.6) is 5.75 Å². The summed E-state index contributed by atoms with van der Waals surface area (Å²) in [5, 5.41) is 11.3. The van der Waals surface area contributed by atoms with E-state index in [1.54, 1.807) is 30.6 Å². The number of aromatic nitrogens is 1. The molecule has 0 bridgehead atoms. The van der Waals surface area contributed by atoms with Crippen LogP contribution in [0.1, 0.15) is 40.8 Å². The van der Waals surface area contributed by atoms with Crippen molar-refractivity contribution < 1.29 is 19.4 Å². The number of amides is 1. The van der Waals surface area contributed by atoms with Crippen molar-refractivity contribution in [1.82, 2.24) is 9.88 Å². The predicted octanol–water partition coefficient (Wildman–Crippen LogP) is 4.72. The molecule has 1 fully saturated rings. The third kappa shape index (κ3) is 4.37. The van der Waals surface area contributed by atoms with Crippen molar-refractivity contribution in [2.24, 2.45) is 0 Å². The molecular weight excluding hydrogens is 416 g/mol. The highest BCUT2D eigenvalue weighted by molar-refractivity contribution is 6.46. The molecule has 1 aromatic heterocycles. The van der Waals surface area contributed by atoms with Crippen LogP contribution in [-0.4, -0.2) is 33.3 Å². The molecule has 6 nitrogen and oxygen atoms in total. The molecule has 6 heteroatoms. The highest BCUT2D eigenvalue weighted by Crippen LogP contribution is 2.41. The number of likely N-dealkylation sites (tertiary alicyclic amines) is 1. The minimum atomic E-state index is -0.711. The molecule has 1 atom stereocenters. The molecule has 1 aliphatic heterocycles. The number of benzene rings is 2. The standard InChI is InChI=1S/C27H26N2O4/c1-4-33-21-11-12-22(18(3)14-21)25(30)23-24(20-9-7-17(2)8-10-20)29(27(32)26(23)31)16-19-6-5-13-28-15-19/h5-15,24,30H,4,16H2,1-3H3/b25-23-. The zero-order valence-electron chi connectivity index (χ0n) is 18.9. The van der Waals surface area contributed by atoms with E-state index in [-0.39, 0.29) is 17.9 Å². The Kier molecular flexibility index (Phi) is 6.27. The summed E-state index contributed by atoms with van der Waals surface area (Å²) in [5.41, 5.74) is 3.95. The van der Waals surface area contributed by atoms with Crippen LogP contribution >= 0.6 is 0 Å². The Morgan fingerprint density at radius 3 is 2.48 bits per heavy atom. The van der Waals surface area contributed by atoms with E-state index in [1.165, 1.54) is 4.90 Å². The molecule has 33 heavy (non-hydrogen) atoms. The molecule has 2 aromatic carbocycles. The molecule has 0 aliphatic carbocycles. The van der Waals surface area contributed by atoms with Crippen LogP contribution in [0.4, 0.5) is 0 Å². The van der Waals surface area contributed by atoms with Gasteiger partial charge >= 0.3 is 0 Å². The monoisotopic (exact) mass is 442 g/mol. The lowest BCUT2D eigenvalue weighted by Crippen LogP contribution is -2.29. The Morgan fingerprint density at radius 2 is 1.85 bits per heavy atom. The van der Waals surface area contributed by atoms with Crippen molar-refractivity contribution in [3.05, 3.63) is 100 Å². The number of ether oxygens (including phenoxy) is 1. The van der Waals surface area contributed by atoms with Crippen LogP contribution < -0.4 is 4.74 Å². The molecule has 0 spiro atoms. The van der Waals surface area contributed by atoms with Gasteiger partial charge < -0.3 is 14.7 Å². The van der Waals surface area contributed by atoms with Gasteiger partial charge in [-0.15, -0.1) is 0 Å². The fourth-order valence-electron chi connectivity index (χ4n) is 4.13. The second-order valence-electron chi connectivity index (χ2n) is 8.11. The first-order chi connectivity index (χ1) is 15.9. The summed E-state index contributed by atoms with van der Waals surface area (Å²) in [5.74, 6) is -0.850. The van der Waals surface area contributed by atoms with E-state index < -0.39 is 17.7 Å². The third-order valence-corrected chi connectivity index (χ3v) is 5.77. The van der Waals surface area contributed by atoms with Gasteiger partial charge in [0.25, 0.3) is 11.7 Å². The highest BCUT2D eigenvalue weighted by Gasteiger charge is 2.46. The van der Waals surface area contributed by atoms with Crippen molar-refractivity contribution >= 4 is 17.4 Å². The predicted molar refractivity (Wildman–Crippen MR) is 126 cm³/mol. The van der Waals surface area contributed by atoms with E-state index in [9.17, 15) is 14.7 Å². The van der Waals surface area contributed by atoms with Crippen LogP contribution in [0.2, 0.25) is 0 Å². The Hall–Kier alpha value is -3.93. The molecule has 1 aliphatic rings. The summed E-state index contributed by atoms with van der Waals surface area (Å²) in [6, 6.07) is 15.9. The van der Waals surface area contributed by atoms with Gasteiger partial charge in [-0.05, 0) is 61.7 Å². The number of carbonyl (C=O) groups is 2. The number of hydrogen-bond donors (Lipinski definition) is 1. The molecule has 1 unspecified atom stereocenters. The van der Waals surface area contributed by atoms with Crippen molar-refractivity contribution in [1.29, 1.82) is 0 Å². The molecular formula is C27H26N2O4. The Labute approximate surface area is 193 Å². The normalized spacial score (nSPS) is 17.4. The summed E-state index contributed by atoms with van der Waals surface area (Å²) in [6.45, 7) is 6.44. The van der Waals surface area contributed by atoms with Gasteiger partial charge in [-0.1, -0.05) is 35.9 Å². The van der Waals surface area contributed by atoms with E-state index in [4.69, 9.17) is 4.74 Å². The smallest absolute Gasteiger partial charge is 0.295 e. The highest BCUT2D eigenvalue weighted by atomic mass is 16.5. The lowest BCUT2D eigenvalue weighted by atomic mass is 9.93. The maximum Gasteiger partial charge on any atom is 0.295 e. The van der Waals surface area contributed by atoms with Crippen LogP contribution in [0, 0.1) is 13.8 Å². The minimum Gasteiger partial charge on any atom is -0.507 e. The molecule has 2 heterocycles. The summed E-state index contributed by atoms with van der Waals surface area (Å²) in [6.07, 6.45) is 3.33. The molecule has 0 radical (unpaired) electrons. The maximum absolute atomic E-state index is 13.2. The lowest BCUT2D eigenvalue weighted by molar-refractivity contribution is -0.140. The quantitative estimate of drug-likeness (QED) is 0.339. The molecule has 1 N–H and O–H groups in total. The number of ketones is 1. The third-order valence-electron chi connectivity index (χ3n) is 5.77. The number of Topliss-reactive ketones (excluding diaryl/α,β-unsaturated/α-hetero) is 1. The second kappa shape index (κ2) is 9.28. The fraction of sp³-hybridized carbons (Fsp3) is 0.222. The van der Waals surface area contributed by atoms with Crippen LogP contribution in [0.25, 0.3) is 5.76 Å². The van der Waals surface area contributed by atoms with Gasteiger partial charge in [-0.3, -0.25) is 14.6 Å². The number of aliphatic hydroxyl groups excluding tert-OH is 1. The van der Waals surface area contributed by atoms with Gasteiger partial charge in [-0.25, -0.2) is 0 Å². The van der Waals surface area contributed by atoms with Crippen LogP contribution in [0.3, 0.4) is 0 Å². The van der Waals surface area contributed by atoms with Crippen LogP contribution in [0.15, 0.2) is 72.6 Å². The maximum atomic E-state index is 13.2. The topological polar surface area (TPSA) is 79.7 Å². The van der Waals surface area contributed by atoms with Gasteiger partial charge in [0.1, 0.15) is 11.5 Å². The second-order valence-corrected chi connectivity index (χ2v) is 8.11. The number of carbonyl (C=O) groups excluding carboxylic acids is 2. The molecule has 1 amide bonds. The van der Waals surface area contributed by atoms with Gasteiger partial charge in [0, 0.05) is 24.5 Å². The summed E-state index contributed by atoms with van der Waals surface area (Å²) < 4.78 is 5.54. The number of nitrogens with zero attached hydrogens (tertiary/aromatic N) is 2. The number of hydrogen-bond acceptors (Lipinski definition) is 5. The minimum absolute atomic E-state index is 0.0833. The average Bonchev–Trinajstić information content (AvgIpc) is 3.05. The van der Waals surface area contributed by atoms with Gasteiger partial charge in [0.2, 0.25) is 0 Å². The van der Waals surface area contributed by atoms with E-state index in [1.807, 2.05) is 57.2 Å². The van der Waals surface area contributed by atoms with Gasteiger partial charge in [-0.2, -0.15) is 0 Å². The van der Waals surface area contributed by atoms with E-state index >= 15 is 0 Å². The Morgan fingerprint density at radius 1 is 1.09 bits per heavy atom. The first-order valence-electron chi connectivity index (χ1n) is 10.9. The fourth-order valence-corrected chi connectivity index (χ4v) is 4.13. The number of aryl methyl sites for hydroxylation is 2. The number of rotatable bonds is 6. The molecule has 168 valence electrons. The molecule has 3 aromatic rings. The molecule has 0 saturated carbocycles. The summed E-state index contributed by atoms with van der Waals surface area (Å²) in [7, 11) is 0. The van der Waals surface area contributed by atoms with E-state index in [0.29, 0.717) is 17.9 Å². The summed E-state index contributed by atoms with van der Waals surface area (Å²) >= 11 is 0. The first kappa shape index (κ1) is 22.3. The SMILES string of the molecule is CCOc1ccc(/C(O)=C2/C(=O)C(=O)N(Cc3cccnc3)C2c2ccc(C)cc2)c(C)c1. The van der Waals surface area contributed by atoms with E-state index in [2.05, 4.69) is 4.98 Å². The zero-order chi connectivity index (χ0) is 23.5. The largest absolute Gasteiger partial charge is 0.507 e. The van der Waals surface area contributed by atoms with E-state index in [0.717, 1.165) is 22.3 Å². The van der Waals surface area contributed by atoms with Gasteiger partial charge in [0.15, 0.2) is 0 Å². The van der Waals surface area contributed by atoms with Crippen molar-refractivity contribution in [2.45, 2.75) is 33.4 Å². The summed E-state index contributed by atoms with van der Waals surface area (Å²) in [4.78, 5) is 31.9. The Bertz CT molecular complexity index is 1220. The number of pyridine rings is 1. The Balaban J connectivity index is 1.85. The number of aliphatic hydroxyl groups is 1. The molecule has 4 rings (SSSR count). The first-order valence-corrected chi connectivity index (χ1v) is 10.9. The molecule has 1 saturated heterocycles. The van der Waals surface area contributed by atoms with Crippen LogP contribution in [-0.2, 0) is 16.1 Å². The van der Waals surface area contributed by atoms with Gasteiger partial charge in [0.05, 0.1) is 18.2 Å². The van der Waals surface area contributed by atoms with Crippen molar-refractivity contribution in [3.63, 3.8) is 0 Å². The zero-order valence-corrected chi connectivity index (χ0v) is 18.9. The van der Waals surface area contributed by atoms with Crippen molar-refractivity contribution in [3.8, 4) is 5.75 Å². The lowest BCUT2D eigenvalue weighted by Gasteiger charge is -2.25.